The number of hydrogen-bond acceptors (Lipinski definition) is 3. The smallest absolute Gasteiger partial charge is 0.343 e. The van der Waals surface area contributed by atoms with Gasteiger partial charge < -0.3 is 14.9 Å². The van der Waals surface area contributed by atoms with E-state index < -0.39 is 24.1 Å². The van der Waals surface area contributed by atoms with Crippen molar-refractivity contribution in [1.82, 2.24) is 4.90 Å². The van der Waals surface area contributed by atoms with Gasteiger partial charge in [-0.25, -0.2) is 9.18 Å². The van der Waals surface area contributed by atoms with E-state index in [-0.39, 0.29) is 30.4 Å². The zero-order valence-corrected chi connectivity index (χ0v) is 13.4. The van der Waals surface area contributed by atoms with Gasteiger partial charge in [0.05, 0.1) is 17.8 Å². The fraction of sp³-hybridized carbons (Fsp3) is 0.471. The topological polar surface area (TPSA) is 77.9 Å². The Bertz CT molecular complexity index is 704. The van der Waals surface area contributed by atoms with E-state index in [1.807, 2.05) is 0 Å². The van der Waals surface area contributed by atoms with E-state index >= 15 is 0 Å². The highest BCUT2D eigenvalue weighted by Gasteiger charge is 2.47. The van der Waals surface area contributed by atoms with E-state index in [0.29, 0.717) is 5.69 Å². The van der Waals surface area contributed by atoms with Crippen molar-refractivity contribution in [3.63, 3.8) is 0 Å². The van der Waals surface area contributed by atoms with Crippen LogP contribution in [0.25, 0.3) is 0 Å². The first kappa shape index (κ1) is 16.4. The van der Waals surface area contributed by atoms with Crippen LogP contribution in [0.1, 0.15) is 29.6 Å². The van der Waals surface area contributed by atoms with Gasteiger partial charge in [-0.15, -0.1) is 0 Å². The second-order valence-electron chi connectivity index (χ2n) is 6.44. The number of carbonyl (C=O) groups excluding carboxylic acids is 2. The molecule has 3 rings (SSSR count). The van der Waals surface area contributed by atoms with Crippen LogP contribution in [-0.4, -0.2) is 53.6 Å². The largest absolute Gasteiger partial charge is 0.479 e. The Labute approximate surface area is 138 Å². The second-order valence-corrected chi connectivity index (χ2v) is 6.44. The summed E-state index contributed by atoms with van der Waals surface area (Å²) in [5.41, 5.74) is -1.66. The summed E-state index contributed by atoms with van der Waals surface area (Å²) < 4.78 is 14.2. The monoisotopic (exact) mass is 334 g/mol. The van der Waals surface area contributed by atoms with Gasteiger partial charge in [-0.1, -0.05) is 12.1 Å². The van der Waals surface area contributed by atoms with E-state index in [4.69, 9.17) is 5.11 Å². The highest BCUT2D eigenvalue weighted by molar-refractivity contribution is 6.05. The van der Waals surface area contributed by atoms with Crippen LogP contribution in [0, 0.1) is 5.92 Å². The molecule has 1 unspecified atom stereocenters. The average molecular weight is 334 g/mol. The maximum atomic E-state index is 14.2. The van der Waals surface area contributed by atoms with Gasteiger partial charge in [0.2, 0.25) is 11.6 Å². The molecular weight excluding hydrogens is 315 g/mol. The van der Waals surface area contributed by atoms with Gasteiger partial charge in [-0.3, -0.25) is 9.59 Å². The van der Waals surface area contributed by atoms with E-state index in [2.05, 4.69) is 0 Å². The summed E-state index contributed by atoms with van der Waals surface area (Å²) in [7, 11) is 1.62. The molecule has 7 heteroatoms. The van der Waals surface area contributed by atoms with Crippen LogP contribution in [0.3, 0.4) is 0 Å². The van der Waals surface area contributed by atoms with Gasteiger partial charge >= 0.3 is 5.97 Å². The molecule has 1 aromatic rings. The van der Waals surface area contributed by atoms with Crippen LogP contribution >= 0.6 is 0 Å². The number of alkyl halides is 1. The summed E-state index contributed by atoms with van der Waals surface area (Å²) in [5, 5.41) is 8.96. The standard InChI is InChI=1S/C17H19FN2O4/c1-19(14(21)11-6-7-11)13-5-3-2-4-12(13)15(22)20-9-8-17(18,10-20)16(23)24/h2-5,11H,6-10H2,1H3,(H,23,24). The Morgan fingerprint density at radius 3 is 2.54 bits per heavy atom. The van der Waals surface area contributed by atoms with Crippen molar-refractivity contribution >= 4 is 23.5 Å². The van der Waals surface area contributed by atoms with E-state index in [0.717, 1.165) is 12.8 Å². The molecule has 2 amide bonds. The number of anilines is 1. The van der Waals surface area contributed by atoms with Gasteiger partial charge in [0, 0.05) is 25.9 Å². The first-order valence-electron chi connectivity index (χ1n) is 7.92. The molecule has 1 heterocycles. The molecule has 1 aromatic carbocycles. The van der Waals surface area contributed by atoms with Crippen molar-refractivity contribution in [3.05, 3.63) is 29.8 Å². The number of amides is 2. The number of halogens is 1. The zero-order valence-electron chi connectivity index (χ0n) is 13.4. The third-order valence-corrected chi connectivity index (χ3v) is 4.64. The fourth-order valence-corrected chi connectivity index (χ4v) is 2.96. The maximum Gasteiger partial charge on any atom is 0.343 e. The summed E-state index contributed by atoms with van der Waals surface area (Å²) in [4.78, 5) is 38.6. The zero-order chi connectivity index (χ0) is 17.5. The minimum absolute atomic E-state index is 0.00967. The van der Waals surface area contributed by atoms with Crippen molar-refractivity contribution < 1.29 is 23.9 Å². The summed E-state index contributed by atoms with van der Waals surface area (Å²) in [6.45, 7) is -0.438. The molecule has 0 radical (unpaired) electrons. The summed E-state index contributed by atoms with van der Waals surface area (Å²) in [5.74, 6) is -2.04. The van der Waals surface area contributed by atoms with Gasteiger partial charge in [0.25, 0.3) is 5.91 Å². The average Bonchev–Trinajstić information content (AvgIpc) is 3.35. The highest BCUT2D eigenvalue weighted by atomic mass is 19.1. The van der Waals surface area contributed by atoms with Gasteiger partial charge in [0.1, 0.15) is 0 Å². The van der Waals surface area contributed by atoms with Crippen LogP contribution in [0.2, 0.25) is 0 Å². The summed E-state index contributed by atoms with van der Waals surface area (Å²) in [6, 6.07) is 6.64. The SMILES string of the molecule is CN(C(=O)C1CC1)c1ccccc1C(=O)N1CCC(F)(C(=O)O)C1. The molecule has 1 saturated carbocycles. The molecule has 2 fully saturated rings. The molecule has 1 saturated heterocycles. The molecule has 1 aliphatic heterocycles. The number of aliphatic carboxylic acids is 1. The molecule has 128 valence electrons. The second kappa shape index (κ2) is 5.89. The highest BCUT2D eigenvalue weighted by Crippen LogP contribution is 2.34. The third kappa shape index (κ3) is 2.86. The number of carboxylic acids is 1. The normalized spacial score (nSPS) is 23.2. The number of hydrogen-bond donors (Lipinski definition) is 1. The molecular formula is C17H19FN2O4. The quantitative estimate of drug-likeness (QED) is 0.909. The summed E-state index contributed by atoms with van der Waals surface area (Å²) in [6.07, 6.45) is 1.48. The van der Waals surface area contributed by atoms with E-state index in [9.17, 15) is 18.8 Å². The molecule has 1 aliphatic carbocycles. The lowest BCUT2D eigenvalue weighted by atomic mass is 10.1. The molecule has 6 nitrogen and oxygen atoms in total. The maximum absolute atomic E-state index is 14.2. The van der Waals surface area contributed by atoms with Gasteiger partial charge in [-0.2, -0.15) is 0 Å². The van der Waals surface area contributed by atoms with E-state index in [1.165, 1.54) is 9.80 Å². The fourth-order valence-electron chi connectivity index (χ4n) is 2.96. The molecule has 1 N–H and O–H groups in total. The molecule has 24 heavy (non-hydrogen) atoms. The minimum Gasteiger partial charge on any atom is -0.479 e. The van der Waals surface area contributed by atoms with Crippen molar-refractivity contribution in [3.8, 4) is 0 Å². The number of carbonyl (C=O) groups is 3. The molecule has 0 bridgehead atoms. The number of para-hydroxylation sites is 1. The molecule has 0 spiro atoms. The molecule has 2 aliphatic rings. The van der Waals surface area contributed by atoms with Crippen LogP contribution in [0.4, 0.5) is 10.1 Å². The Kier molecular flexibility index (Phi) is 4.03. The molecule has 1 atom stereocenters. The predicted octanol–water partition coefficient (Wildman–Crippen LogP) is 1.70. The minimum atomic E-state index is -2.40. The number of likely N-dealkylation sites (tertiary alicyclic amines) is 1. The van der Waals surface area contributed by atoms with Crippen LogP contribution < -0.4 is 4.90 Å². The first-order valence-corrected chi connectivity index (χ1v) is 7.92. The van der Waals surface area contributed by atoms with Crippen molar-refractivity contribution in [2.24, 2.45) is 5.92 Å². The Morgan fingerprint density at radius 2 is 1.96 bits per heavy atom. The van der Waals surface area contributed by atoms with Crippen LogP contribution in [-0.2, 0) is 9.59 Å². The first-order chi connectivity index (χ1) is 11.3. The lowest BCUT2D eigenvalue weighted by Gasteiger charge is -2.23. The van der Waals surface area contributed by atoms with E-state index in [1.54, 1.807) is 31.3 Å². The number of benzene rings is 1. The van der Waals surface area contributed by atoms with Crippen LogP contribution in [0.15, 0.2) is 24.3 Å². The lowest BCUT2D eigenvalue weighted by molar-refractivity contribution is -0.149. The van der Waals surface area contributed by atoms with Gasteiger partial charge in [-0.05, 0) is 25.0 Å². The Hall–Kier alpha value is -2.44. The van der Waals surface area contributed by atoms with Gasteiger partial charge in [0.15, 0.2) is 0 Å². The number of carboxylic acid groups (broad SMARTS) is 1. The molecule has 0 aromatic heterocycles. The number of rotatable bonds is 4. The Morgan fingerprint density at radius 1 is 1.29 bits per heavy atom. The Balaban J connectivity index is 1.83. The predicted molar refractivity (Wildman–Crippen MR) is 84.6 cm³/mol. The van der Waals surface area contributed by atoms with Crippen molar-refractivity contribution in [2.75, 3.05) is 25.0 Å². The summed E-state index contributed by atoms with van der Waals surface area (Å²) >= 11 is 0. The van der Waals surface area contributed by atoms with Crippen molar-refractivity contribution in [2.45, 2.75) is 24.9 Å². The lowest BCUT2D eigenvalue weighted by Crippen LogP contribution is -2.39. The number of nitrogens with zero attached hydrogens (tertiary/aromatic N) is 2. The van der Waals surface area contributed by atoms with Crippen LogP contribution in [0.5, 0.6) is 0 Å². The third-order valence-electron chi connectivity index (χ3n) is 4.64. The van der Waals surface area contributed by atoms with Crippen molar-refractivity contribution in [1.29, 1.82) is 0 Å².